The highest BCUT2D eigenvalue weighted by atomic mass is 19.4. The third kappa shape index (κ3) is 2.78. The lowest BCUT2D eigenvalue weighted by atomic mass is 10.1. The van der Waals surface area contributed by atoms with Gasteiger partial charge in [-0.2, -0.15) is 0 Å². The van der Waals surface area contributed by atoms with E-state index in [2.05, 4.69) is 4.74 Å². The van der Waals surface area contributed by atoms with Gasteiger partial charge in [-0.15, -0.1) is 13.2 Å². The van der Waals surface area contributed by atoms with Gasteiger partial charge in [0, 0.05) is 0 Å². The van der Waals surface area contributed by atoms with Crippen LogP contribution in [0.4, 0.5) is 13.2 Å². The first-order valence-electron chi connectivity index (χ1n) is 4.25. The maximum Gasteiger partial charge on any atom is 0.573 e. The predicted octanol–water partition coefficient (Wildman–Crippen LogP) is 3.21. The molecule has 0 heterocycles. The molecule has 0 aliphatic heterocycles. The average molecular weight is 220 g/mol. The maximum absolute atomic E-state index is 12.0. The van der Waals surface area contributed by atoms with Crippen LogP contribution < -0.4 is 9.47 Å². The Morgan fingerprint density at radius 3 is 1.93 bits per heavy atom. The van der Waals surface area contributed by atoms with E-state index in [1.165, 1.54) is 19.2 Å². The minimum Gasteiger partial charge on any atom is -0.496 e. The molecule has 0 atom stereocenters. The van der Waals surface area contributed by atoms with E-state index < -0.39 is 6.36 Å². The van der Waals surface area contributed by atoms with E-state index in [4.69, 9.17) is 4.74 Å². The quantitative estimate of drug-likeness (QED) is 0.761. The van der Waals surface area contributed by atoms with Crippen molar-refractivity contribution in [2.75, 3.05) is 7.11 Å². The van der Waals surface area contributed by atoms with Crippen LogP contribution in [0.5, 0.6) is 11.5 Å². The van der Waals surface area contributed by atoms with Crippen LogP contribution in [0, 0.1) is 13.8 Å². The van der Waals surface area contributed by atoms with Gasteiger partial charge in [0.25, 0.3) is 0 Å². The Labute approximate surface area is 85.6 Å². The fraction of sp³-hybridized carbons (Fsp3) is 0.400. The fourth-order valence-electron chi connectivity index (χ4n) is 1.23. The fourth-order valence-corrected chi connectivity index (χ4v) is 1.23. The summed E-state index contributed by atoms with van der Waals surface area (Å²) in [6.45, 7) is 3.23. The third-order valence-electron chi connectivity index (χ3n) is 2.13. The van der Waals surface area contributed by atoms with Gasteiger partial charge in [-0.05, 0) is 37.1 Å². The smallest absolute Gasteiger partial charge is 0.496 e. The first-order chi connectivity index (χ1) is 6.85. The highest BCUT2D eigenvalue weighted by molar-refractivity contribution is 5.47. The molecule has 0 aliphatic carbocycles. The lowest BCUT2D eigenvalue weighted by Crippen LogP contribution is -2.18. The van der Waals surface area contributed by atoms with Gasteiger partial charge in [0.1, 0.15) is 11.5 Å². The zero-order chi connectivity index (χ0) is 11.6. The van der Waals surface area contributed by atoms with E-state index in [-0.39, 0.29) is 5.75 Å². The van der Waals surface area contributed by atoms with Gasteiger partial charge in [-0.25, -0.2) is 0 Å². The van der Waals surface area contributed by atoms with Crippen LogP contribution in [0.15, 0.2) is 12.1 Å². The monoisotopic (exact) mass is 220 g/mol. The van der Waals surface area contributed by atoms with Crippen molar-refractivity contribution in [1.29, 1.82) is 0 Å². The Balaban J connectivity index is 3.07. The largest absolute Gasteiger partial charge is 0.573 e. The van der Waals surface area contributed by atoms with E-state index in [0.29, 0.717) is 16.9 Å². The molecule has 2 nitrogen and oxygen atoms in total. The highest BCUT2D eigenvalue weighted by Gasteiger charge is 2.32. The molecule has 1 aromatic rings. The Kier molecular flexibility index (Phi) is 3.12. The van der Waals surface area contributed by atoms with Crippen molar-refractivity contribution in [3.63, 3.8) is 0 Å². The second-order valence-electron chi connectivity index (χ2n) is 3.06. The summed E-state index contributed by atoms with van der Waals surface area (Å²) in [5, 5.41) is 0. The van der Waals surface area contributed by atoms with Crippen LogP contribution in [-0.4, -0.2) is 13.5 Å². The van der Waals surface area contributed by atoms with Gasteiger partial charge >= 0.3 is 6.36 Å². The molecular weight excluding hydrogens is 209 g/mol. The van der Waals surface area contributed by atoms with E-state index in [1.807, 2.05) is 0 Å². The summed E-state index contributed by atoms with van der Waals surface area (Å²) in [5.74, 6) is 0.350. The molecule has 15 heavy (non-hydrogen) atoms. The zero-order valence-corrected chi connectivity index (χ0v) is 8.61. The Bertz CT molecular complexity index is 358. The molecule has 0 N–H and O–H groups in total. The van der Waals surface area contributed by atoms with Gasteiger partial charge in [-0.3, -0.25) is 0 Å². The molecule has 84 valence electrons. The molecule has 1 rings (SSSR count). The number of rotatable bonds is 2. The lowest BCUT2D eigenvalue weighted by molar-refractivity contribution is -0.274. The second-order valence-corrected chi connectivity index (χ2v) is 3.06. The van der Waals surface area contributed by atoms with Crippen molar-refractivity contribution in [3.8, 4) is 11.5 Å². The number of hydrogen-bond acceptors (Lipinski definition) is 2. The summed E-state index contributed by atoms with van der Waals surface area (Å²) in [5.41, 5.74) is 1.06. The van der Waals surface area contributed by atoms with Crippen molar-refractivity contribution >= 4 is 0 Å². The lowest BCUT2D eigenvalue weighted by Gasteiger charge is -2.14. The summed E-state index contributed by atoms with van der Waals surface area (Å²) in [6, 6.07) is 2.69. The SMILES string of the molecule is COc1ccc(OC(F)(F)F)c(C)c1C. The average Bonchev–Trinajstić information content (AvgIpc) is 2.11. The molecule has 0 fully saturated rings. The van der Waals surface area contributed by atoms with Gasteiger partial charge in [0.05, 0.1) is 7.11 Å². The molecule has 0 saturated heterocycles. The number of ether oxygens (including phenoxy) is 2. The second kappa shape index (κ2) is 4.00. The Morgan fingerprint density at radius 2 is 1.47 bits per heavy atom. The highest BCUT2D eigenvalue weighted by Crippen LogP contribution is 2.32. The van der Waals surface area contributed by atoms with E-state index in [9.17, 15) is 13.2 Å². The van der Waals surface area contributed by atoms with Crippen molar-refractivity contribution in [1.82, 2.24) is 0 Å². The summed E-state index contributed by atoms with van der Waals surface area (Å²) >= 11 is 0. The molecule has 0 aliphatic rings. The minimum absolute atomic E-state index is 0.194. The summed E-state index contributed by atoms with van der Waals surface area (Å²) in [7, 11) is 1.46. The molecule has 0 unspecified atom stereocenters. The van der Waals surface area contributed by atoms with Crippen molar-refractivity contribution < 1.29 is 22.6 Å². The number of hydrogen-bond donors (Lipinski definition) is 0. The van der Waals surface area contributed by atoms with E-state index >= 15 is 0 Å². The Morgan fingerprint density at radius 1 is 1.00 bits per heavy atom. The summed E-state index contributed by atoms with van der Waals surface area (Å²) in [6.07, 6.45) is -4.66. The number of halogens is 3. The third-order valence-corrected chi connectivity index (χ3v) is 2.13. The van der Waals surface area contributed by atoms with E-state index in [1.54, 1.807) is 13.8 Å². The number of methoxy groups -OCH3 is 1. The molecule has 0 aromatic heterocycles. The molecule has 0 amide bonds. The molecule has 0 radical (unpaired) electrons. The number of benzene rings is 1. The zero-order valence-electron chi connectivity index (χ0n) is 8.61. The van der Waals surface area contributed by atoms with Crippen LogP contribution in [0.1, 0.15) is 11.1 Å². The molecule has 0 spiro atoms. The summed E-state index contributed by atoms with van der Waals surface area (Å²) < 4.78 is 44.8. The summed E-state index contributed by atoms with van der Waals surface area (Å²) in [4.78, 5) is 0. The normalized spacial score (nSPS) is 11.3. The van der Waals surface area contributed by atoms with Gasteiger partial charge in [0.15, 0.2) is 0 Å². The molecule has 5 heteroatoms. The van der Waals surface area contributed by atoms with Crippen LogP contribution in [-0.2, 0) is 0 Å². The molecule has 1 aromatic carbocycles. The van der Waals surface area contributed by atoms with E-state index in [0.717, 1.165) is 0 Å². The van der Waals surface area contributed by atoms with Crippen LogP contribution in [0.2, 0.25) is 0 Å². The van der Waals surface area contributed by atoms with Crippen molar-refractivity contribution in [2.24, 2.45) is 0 Å². The standard InChI is InChI=1S/C10H11F3O2/c1-6-7(2)9(15-10(11,12)13)5-4-8(6)14-3/h4-5H,1-3H3. The van der Waals surface area contributed by atoms with Crippen LogP contribution >= 0.6 is 0 Å². The Hall–Kier alpha value is -1.39. The maximum atomic E-state index is 12.0. The predicted molar refractivity (Wildman–Crippen MR) is 49.2 cm³/mol. The number of alkyl halides is 3. The van der Waals surface area contributed by atoms with Gasteiger partial charge in [-0.1, -0.05) is 0 Å². The van der Waals surface area contributed by atoms with Gasteiger partial charge < -0.3 is 9.47 Å². The topological polar surface area (TPSA) is 18.5 Å². The van der Waals surface area contributed by atoms with Crippen LogP contribution in [0.3, 0.4) is 0 Å². The molecular formula is C10H11F3O2. The van der Waals surface area contributed by atoms with Crippen molar-refractivity contribution in [3.05, 3.63) is 23.3 Å². The first-order valence-corrected chi connectivity index (χ1v) is 4.25. The van der Waals surface area contributed by atoms with Crippen molar-refractivity contribution in [2.45, 2.75) is 20.2 Å². The molecule has 0 saturated carbocycles. The molecule has 0 bridgehead atoms. The first kappa shape index (κ1) is 11.7. The minimum atomic E-state index is -4.66. The van der Waals surface area contributed by atoms with Crippen LogP contribution in [0.25, 0.3) is 0 Å². The van der Waals surface area contributed by atoms with Gasteiger partial charge in [0.2, 0.25) is 0 Å².